The maximum atomic E-state index is 13.4. The number of nitrogens with two attached hydrogens (primary N) is 2. The second-order valence-corrected chi connectivity index (χ2v) is 10.2. The van der Waals surface area contributed by atoms with Crippen LogP contribution in [-0.2, 0) is 17.6 Å². The zero-order valence-electron chi connectivity index (χ0n) is 19.3. The topological polar surface area (TPSA) is 108 Å². The molecule has 1 aliphatic heterocycles. The highest BCUT2D eigenvalue weighted by Crippen LogP contribution is 2.44. The Balaban J connectivity index is 1.74. The molecule has 8 nitrogen and oxygen atoms in total. The number of hydrogen-bond donors (Lipinski definition) is 3. The van der Waals surface area contributed by atoms with Crippen molar-refractivity contribution in [1.82, 2.24) is 20.0 Å². The molecule has 31 heavy (non-hydrogen) atoms. The standard InChI is InChI=1S/C22H38N6O2S/c1-5-8-27-13-15(21(29)28(6-2)22(30)25-7-9-26(3)4)10-14-11-16-18(12-17(14)27)31-20(24)19(16)23/h14-15,17H,5-13,23-24H2,1-4H3,(H,25,30)/t14-,15-,17-/m1/s1. The van der Waals surface area contributed by atoms with Crippen molar-refractivity contribution in [3.8, 4) is 0 Å². The van der Waals surface area contributed by atoms with E-state index in [1.807, 2.05) is 25.9 Å². The Morgan fingerprint density at radius 2 is 1.97 bits per heavy atom. The number of likely N-dealkylation sites (tertiary alicyclic amines) is 1. The maximum absolute atomic E-state index is 13.4. The predicted octanol–water partition coefficient (Wildman–Crippen LogP) is 1.85. The number of fused-ring (bicyclic) bond motifs is 2. The third-order valence-electron chi connectivity index (χ3n) is 6.60. The Hall–Kier alpha value is -1.84. The number of hydrogen-bond acceptors (Lipinski definition) is 7. The first-order valence-electron chi connectivity index (χ1n) is 11.4. The first-order valence-corrected chi connectivity index (χ1v) is 12.2. The Kier molecular flexibility index (Phi) is 7.82. The summed E-state index contributed by atoms with van der Waals surface area (Å²) < 4.78 is 0. The van der Waals surface area contributed by atoms with E-state index in [0.29, 0.717) is 36.6 Å². The van der Waals surface area contributed by atoms with Crippen molar-refractivity contribution in [2.45, 2.75) is 45.6 Å². The van der Waals surface area contributed by atoms with Crippen molar-refractivity contribution in [2.75, 3.05) is 58.3 Å². The van der Waals surface area contributed by atoms with Gasteiger partial charge < -0.3 is 21.7 Å². The number of urea groups is 1. The molecule has 174 valence electrons. The molecule has 3 amide bonds. The molecule has 0 saturated carbocycles. The lowest BCUT2D eigenvalue weighted by molar-refractivity contribution is -0.136. The van der Waals surface area contributed by atoms with Gasteiger partial charge >= 0.3 is 6.03 Å². The average molecular weight is 451 g/mol. The molecule has 1 fully saturated rings. The number of nitrogens with one attached hydrogen (secondary N) is 1. The highest BCUT2D eigenvalue weighted by Gasteiger charge is 2.43. The Morgan fingerprint density at radius 3 is 2.61 bits per heavy atom. The van der Waals surface area contributed by atoms with Crippen LogP contribution in [0.5, 0.6) is 0 Å². The van der Waals surface area contributed by atoms with Gasteiger partial charge in [-0.1, -0.05) is 6.92 Å². The zero-order valence-corrected chi connectivity index (χ0v) is 20.1. The van der Waals surface area contributed by atoms with Gasteiger partial charge in [-0.3, -0.25) is 14.6 Å². The van der Waals surface area contributed by atoms with Crippen LogP contribution in [0.1, 0.15) is 37.1 Å². The van der Waals surface area contributed by atoms with Crippen molar-refractivity contribution in [2.24, 2.45) is 11.8 Å². The maximum Gasteiger partial charge on any atom is 0.324 e. The minimum Gasteiger partial charge on any atom is -0.396 e. The molecule has 1 aliphatic carbocycles. The minimum atomic E-state index is -0.292. The number of piperidine rings is 1. The molecule has 2 heterocycles. The molecule has 1 aromatic rings. The number of carbonyl (C=O) groups is 2. The summed E-state index contributed by atoms with van der Waals surface area (Å²) in [4.78, 5) is 33.2. The molecule has 5 N–H and O–H groups in total. The third kappa shape index (κ3) is 5.15. The van der Waals surface area contributed by atoms with Crippen LogP contribution in [0.4, 0.5) is 15.5 Å². The lowest BCUT2D eigenvalue weighted by atomic mass is 9.74. The van der Waals surface area contributed by atoms with Gasteiger partial charge in [-0.15, -0.1) is 11.3 Å². The van der Waals surface area contributed by atoms with E-state index in [2.05, 4.69) is 17.1 Å². The number of carbonyl (C=O) groups excluding carboxylic acids is 2. The van der Waals surface area contributed by atoms with Gasteiger partial charge in [0.05, 0.1) is 11.6 Å². The molecule has 1 aromatic heterocycles. The molecular formula is C22H38N6O2S. The number of amides is 3. The predicted molar refractivity (Wildman–Crippen MR) is 127 cm³/mol. The number of thiophene rings is 1. The third-order valence-corrected chi connectivity index (χ3v) is 7.70. The molecular weight excluding hydrogens is 412 g/mol. The van der Waals surface area contributed by atoms with Crippen molar-refractivity contribution >= 4 is 34.0 Å². The summed E-state index contributed by atoms with van der Waals surface area (Å²) in [6, 6.07) is 0.122. The Morgan fingerprint density at radius 1 is 1.23 bits per heavy atom. The summed E-state index contributed by atoms with van der Waals surface area (Å²) in [5, 5.41) is 3.60. The number of nitrogen functional groups attached to an aromatic ring is 2. The Bertz CT molecular complexity index is 795. The number of anilines is 2. The smallest absolute Gasteiger partial charge is 0.324 e. The van der Waals surface area contributed by atoms with Crippen molar-refractivity contribution in [3.63, 3.8) is 0 Å². The molecule has 0 aromatic carbocycles. The van der Waals surface area contributed by atoms with Gasteiger partial charge in [-0.25, -0.2) is 4.79 Å². The van der Waals surface area contributed by atoms with E-state index in [4.69, 9.17) is 11.5 Å². The van der Waals surface area contributed by atoms with Crippen LogP contribution < -0.4 is 16.8 Å². The summed E-state index contributed by atoms with van der Waals surface area (Å²) in [6.07, 6.45) is 3.65. The highest BCUT2D eigenvalue weighted by atomic mass is 32.1. The normalized spacial score (nSPS) is 23.3. The lowest BCUT2D eigenvalue weighted by Crippen LogP contribution is -2.56. The van der Waals surface area contributed by atoms with E-state index in [0.717, 1.165) is 44.5 Å². The number of nitrogens with zero attached hydrogens (tertiary/aromatic N) is 3. The van der Waals surface area contributed by atoms with Crippen molar-refractivity contribution < 1.29 is 9.59 Å². The van der Waals surface area contributed by atoms with Gasteiger partial charge in [0.15, 0.2) is 0 Å². The molecule has 9 heteroatoms. The number of rotatable bonds is 7. The molecule has 0 radical (unpaired) electrons. The largest absolute Gasteiger partial charge is 0.396 e. The molecule has 2 aliphatic rings. The van der Waals surface area contributed by atoms with Crippen LogP contribution >= 0.6 is 11.3 Å². The van der Waals surface area contributed by atoms with E-state index >= 15 is 0 Å². The highest BCUT2D eigenvalue weighted by molar-refractivity contribution is 7.16. The van der Waals surface area contributed by atoms with E-state index in [1.54, 1.807) is 11.3 Å². The van der Waals surface area contributed by atoms with Crippen LogP contribution in [0.2, 0.25) is 0 Å². The van der Waals surface area contributed by atoms with E-state index in [1.165, 1.54) is 15.3 Å². The fourth-order valence-electron chi connectivity index (χ4n) is 5.04. The van der Waals surface area contributed by atoms with Crippen LogP contribution in [0, 0.1) is 11.8 Å². The lowest BCUT2D eigenvalue weighted by Gasteiger charge is -2.47. The molecule has 3 rings (SSSR count). The van der Waals surface area contributed by atoms with E-state index < -0.39 is 0 Å². The van der Waals surface area contributed by atoms with Crippen LogP contribution in [0.25, 0.3) is 0 Å². The van der Waals surface area contributed by atoms with Crippen molar-refractivity contribution in [1.29, 1.82) is 0 Å². The Labute approximate surface area is 189 Å². The molecule has 3 atom stereocenters. The summed E-state index contributed by atoms with van der Waals surface area (Å²) in [5.74, 6) is 0.118. The zero-order chi connectivity index (χ0) is 22.7. The van der Waals surface area contributed by atoms with Gasteiger partial charge in [0, 0.05) is 37.1 Å². The summed E-state index contributed by atoms with van der Waals surface area (Å²) in [6.45, 7) is 7.34. The molecule has 0 bridgehead atoms. The first-order chi connectivity index (χ1) is 14.8. The molecule has 0 unspecified atom stereocenters. The van der Waals surface area contributed by atoms with Gasteiger partial charge in [0.1, 0.15) is 5.00 Å². The van der Waals surface area contributed by atoms with Crippen LogP contribution in [-0.4, -0.2) is 79.5 Å². The van der Waals surface area contributed by atoms with Gasteiger partial charge in [-0.2, -0.15) is 0 Å². The minimum absolute atomic E-state index is 0.0620. The first kappa shape index (κ1) is 23.8. The summed E-state index contributed by atoms with van der Waals surface area (Å²) >= 11 is 1.62. The summed E-state index contributed by atoms with van der Waals surface area (Å²) in [5.41, 5.74) is 14.3. The number of imide groups is 1. The second kappa shape index (κ2) is 10.2. The van der Waals surface area contributed by atoms with E-state index in [-0.39, 0.29) is 17.9 Å². The summed E-state index contributed by atoms with van der Waals surface area (Å²) in [7, 11) is 3.91. The fraction of sp³-hybridized carbons (Fsp3) is 0.727. The fourth-order valence-corrected chi connectivity index (χ4v) is 6.11. The van der Waals surface area contributed by atoms with Gasteiger partial charge in [0.2, 0.25) is 5.91 Å². The SMILES string of the molecule is CCCN1C[C@H](C(=O)N(CC)C(=O)NCCN(C)C)C[C@@H]2Cc3c(sc(N)c3N)C[C@H]21. The van der Waals surface area contributed by atoms with Crippen molar-refractivity contribution in [3.05, 3.63) is 10.4 Å². The number of likely N-dealkylation sites (N-methyl/N-ethyl adjacent to an activating group) is 1. The monoisotopic (exact) mass is 450 g/mol. The van der Waals surface area contributed by atoms with Crippen LogP contribution in [0.15, 0.2) is 0 Å². The van der Waals surface area contributed by atoms with Gasteiger partial charge in [0.25, 0.3) is 0 Å². The molecule has 1 saturated heterocycles. The quantitative estimate of drug-likeness (QED) is 0.585. The average Bonchev–Trinajstić information content (AvgIpc) is 3.00. The second-order valence-electron chi connectivity index (χ2n) is 9.06. The van der Waals surface area contributed by atoms with Gasteiger partial charge in [-0.05, 0) is 64.7 Å². The molecule has 0 spiro atoms. The van der Waals surface area contributed by atoms with Crippen LogP contribution in [0.3, 0.4) is 0 Å². The van der Waals surface area contributed by atoms with E-state index in [9.17, 15) is 9.59 Å².